The van der Waals surface area contributed by atoms with E-state index in [1.54, 1.807) is 36.4 Å². The van der Waals surface area contributed by atoms with Gasteiger partial charge in [0, 0.05) is 11.6 Å². The number of aliphatic hydroxyl groups is 1. The van der Waals surface area contributed by atoms with Crippen molar-refractivity contribution >= 4 is 5.78 Å². The Morgan fingerprint density at radius 1 is 0.653 bits per heavy atom. The van der Waals surface area contributed by atoms with Crippen molar-refractivity contribution in [3.8, 4) is 17.2 Å². The maximum absolute atomic E-state index is 13.7. The third-order valence-corrected chi connectivity index (χ3v) is 9.68. The molecule has 272 valence electrons. The van der Waals surface area contributed by atoms with Crippen molar-refractivity contribution < 1.29 is 29.6 Å². The van der Waals surface area contributed by atoms with E-state index in [0.717, 1.165) is 25.7 Å². The van der Waals surface area contributed by atoms with Crippen LogP contribution in [0.3, 0.4) is 0 Å². The Kier molecular flexibility index (Phi) is 19.0. The number of carbonyl (C=O) groups is 1. The lowest BCUT2D eigenvalue weighted by Gasteiger charge is -2.35. The average Bonchev–Trinajstić information content (AvgIpc) is 3.09. The molecule has 0 radical (unpaired) electrons. The molecule has 0 fully saturated rings. The standard InChI is InChI=1S/C43H64O6/c1-3-5-7-9-11-13-15-17-19-23-31-48-35-27-29-38(41(45)33-35)43(47)34-36(49-32-24-20-18-16-14-12-10-8-6-4-2)28-30-39(43)42(46)37-25-21-22-26-40(37)44/h21-22,25-30,33-34,39,44-45,47H,3-20,23-24,31-32H2,1-2H3. The molecular formula is C43H64O6. The van der Waals surface area contributed by atoms with Crippen molar-refractivity contribution in [1.29, 1.82) is 0 Å². The highest BCUT2D eigenvalue weighted by Gasteiger charge is 2.44. The van der Waals surface area contributed by atoms with Crippen molar-refractivity contribution in [2.75, 3.05) is 13.2 Å². The van der Waals surface area contributed by atoms with Gasteiger partial charge in [0.05, 0.1) is 24.7 Å². The molecule has 2 aromatic rings. The number of ketones is 1. The third-order valence-electron chi connectivity index (χ3n) is 9.68. The first kappa shape index (κ1) is 40.2. The number of hydrogen-bond donors (Lipinski definition) is 3. The largest absolute Gasteiger partial charge is 0.507 e. The van der Waals surface area contributed by atoms with E-state index >= 15 is 0 Å². The SMILES string of the molecule is CCCCCCCCCCCCOC1=CC(O)(c2ccc(OCCCCCCCCCCCC)cc2O)C(C(=O)c2ccccc2O)C=C1. The van der Waals surface area contributed by atoms with E-state index < -0.39 is 17.3 Å². The average molecular weight is 677 g/mol. The molecule has 1 aliphatic carbocycles. The fraction of sp³-hybridized carbons (Fsp3) is 0.605. The second-order valence-corrected chi connectivity index (χ2v) is 13.8. The van der Waals surface area contributed by atoms with Crippen molar-refractivity contribution in [3.05, 3.63) is 77.6 Å². The van der Waals surface area contributed by atoms with Crippen LogP contribution in [0.4, 0.5) is 0 Å². The summed E-state index contributed by atoms with van der Waals surface area (Å²) < 4.78 is 12.0. The van der Waals surface area contributed by atoms with Gasteiger partial charge in [-0.05, 0) is 49.3 Å². The molecule has 0 bridgehead atoms. The molecule has 6 heteroatoms. The number of benzene rings is 2. The molecule has 0 saturated carbocycles. The Morgan fingerprint density at radius 3 is 1.69 bits per heavy atom. The Labute approximate surface area is 296 Å². The van der Waals surface area contributed by atoms with Gasteiger partial charge < -0.3 is 24.8 Å². The Balaban J connectivity index is 1.58. The van der Waals surface area contributed by atoms with Crippen LogP contribution in [-0.2, 0) is 10.3 Å². The number of phenols is 2. The first-order valence-electron chi connectivity index (χ1n) is 19.5. The van der Waals surface area contributed by atoms with Gasteiger partial charge in [0.15, 0.2) is 5.78 Å². The van der Waals surface area contributed by atoms with Gasteiger partial charge in [0.2, 0.25) is 0 Å². The highest BCUT2D eigenvalue weighted by atomic mass is 16.5. The molecular weight excluding hydrogens is 612 g/mol. The predicted octanol–water partition coefficient (Wildman–Crippen LogP) is 11.5. The van der Waals surface area contributed by atoms with Crippen molar-refractivity contribution in [1.82, 2.24) is 0 Å². The summed E-state index contributed by atoms with van der Waals surface area (Å²) in [6.07, 6.45) is 29.5. The van der Waals surface area contributed by atoms with Crippen LogP contribution in [0.1, 0.15) is 158 Å². The van der Waals surface area contributed by atoms with E-state index in [4.69, 9.17) is 9.47 Å². The number of allylic oxidation sites excluding steroid dienone is 1. The molecule has 0 spiro atoms. The van der Waals surface area contributed by atoms with Crippen LogP contribution in [0.5, 0.6) is 17.2 Å². The zero-order valence-corrected chi connectivity index (χ0v) is 30.5. The first-order valence-corrected chi connectivity index (χ1v) is 19.5. The molecule has 3 N–H and O–H groups in total. The highest BCUT2D eigenvalue weighted by Crippen LogP contribution is 2.44. The number of unbranched alkanes of at least 4 members (excludes halogenated alkanes) is 18. The van der Waals surface area contributed by atoms with Gasteiger partial charge in [-0.25, -0.2) is 0 Å². The van der Waals surface area contributed by atoms with E-state index in [9.17, 15) is 20.1 Å². The van der Waals surface area contributed by atoms with Gasteiger partial charge >= 0.3 is 0 Å². The summed E-state index contributed by atoms with van der Waals surface area (Å²) in [5.41, 5.74) is -1.62. The zero-order valence-electron chi connectivity index (χ0n) is 30.5. The number of rotatable bonds is 27. The molecule has 0 aromatic heterocycles. The summed E-state index contributed by atoms with van der Waals surface area (Å²) in [4.78, 5) is 13.7. The molecule has 3 rings (SSSR count). The van der Waals surface area contributed by atoms with Crippen LogP contribution >= 0.6 is 0 Å². The van der Waals surface area contributed by atoms with Crippen molar-refractivity contribution in [3.63, 3.8) is 0 Å². The number of aromatic hydroxyl groups is 2. The number of hydrogen-bond acceptors (Lipinski definition) is 6. The van der Waals surface area contributed by atoms with E-state index in [2.05, 4.69) is 13.8 Å². The molecule has 1 aliphatic rings. The minimum Gasteiger partial charge on any atom is -0.507 e. The van der Waals surface area contributed by atoms with E-state index in [-0.39, 0.29) is 22.6 Å². The molecule has 2 aromatic carbocycles. The Hall–Kier alpha value is -3.25. The Bertz CT molecular complexity index is 1280. The number of ether oxygens (including phenoxy) is 2. The van der Waals surface area contributed by atoms with E-state index in [0.29, 0.717) is 24.7 Å². The quantitative estimate of drug-likeness (QED) is 0.0644. The summed E-state index contributed by atoms with van der Waals surface area (Å²) in [5.74, 6) is -0.913. The number of carbonyl (C=O) groups excluding carboxylic acids is 1. The van der Waals surface area contributed by atoms with Gasteiger partial charge in [-0.3, -0.25) is 4.79 Å². The lowest BCUT2D eigenvalue weighted by molar-refractivity contribution is 0.0317. The molecule has 49 heavy (non-hydrogen) atoms. The van der Waals surface area contributed by atoms with Gasteiger partial charge in [0.1, 0.15) is 28.6 Å². The van der Waals surface area contributed by atoms with Crippen LogP contribution in [0.25, 0.3) is 0 Å². The lowest BCUT2D eigenvalue weighted by atomic mass is 9.74. The molecule has 0 saturated heterocycles. The maximum Gasteiger partial charge on any atom is 0.177 e. The molecule has 6 nitrogen and oxygen atoms in total. The van der Waals surface area contributed by atoms with E-state index in [1.165, 1.54) is 127 Å². The summed E-state index contributed by atoms with van der Waals surface area (Å²) in [6, 6.07) is 11.2. The summed E-state index contributed by atoms with van der Waals surface area (Å²) >= 11 is 0. The summed E-state index contributed by atoms with van der Waals surface area (Å²) in [5, 5.41) is 33.8. The molecule has 2 unspecified atom stereocenters. The van der Waals surface area contributed by atoms with Crippen molar-refractivity contribution in [2.45, 2.75) is 148 Å². The van der Waals surface area contributed by atoms with Crippen LogP contribution < -0.4 is 4.74 Å². The normalized spacial score (nSPS) is 17.2. The number of phenolic OH excluding ortho intramolecular Hbond substituents is 2. The molecule has 0 amide bonds. The van der Waals surface area contributed by atoms with E-state index in [1.807, 2.05) is 0 Å². The van der Waals surface area contributed by atoms with Gasteiger partial charge in [-0.15, -0.1) is 0 Å². The fourth-order valence-electron chi connectivity index (χ4n) is 6.66. The highest BCUT2D eigenvalue weighted by molar-refractivity contribution is 6.02. The number of Topliss-reactive ketones (excluding diaryl/α,β-unsaturated/α-hetero) is 1. The van der Waals surface area contributed by atoms with Gasteiger partial charge in [0.25, 0.3) is 0 Å². The minimum atomic E-state index is -1.90. The summed E-state index contributed by atoms with van der Waals surface area (Å²) in [7, 11) is 0. The molecule has 0 aliphatic heterocycles. The zero-order chi connectivity index (χ0) is 35.2. The second kappa shape index (κ2) is 23.2. The monoisotopic (exact) mass is 676 g/mol. The smallest absolute Gasteiger partial charge is 0.177 e. The maximum atomic E-state index is 13.7. The fourth-order valence-corrected chi connectivity index (χ4v) is 6.66. The number of para-hydroxylation sites is 1. The minimum absolute atomic E-state index is 0.106. The molecule has 0 heterocycles. The molecule has 2 atom stereocenters. The van der Waals surface area contributed by atoms with Gasteiger partial charge in [-0.2, -0.15) is 0 Å². The summed E-state index contributed by atoms with van der Waals surface area (Å²) in [6.45, 7) is 5.54. The van der Waals surface area contributed by atoms with Crippen molar-refractivity contribution in [2.24, 2.45) is 5.92 Å². The van der Waals surface area contributed by atoms with Crippen LogP contribution in [0.15, 0.2) is 66.5 Å². The van der Waals surface area contributed by atoms with Crippen LogP contribution in [0.2, 0.25) is 0 Å². The third kappa shape index (κ3) is 13.9. The van der Waals surface area contributed by atoms with Gasteiger partial charge in [-0.1, -0.05) is 148 Å². The predicted molar refractivity (Wildman–Crippen MR) is 200 cm³/mol. The topological polar surface area (TPSA) is 96.2 Å². The lowest BCUT2D eigenvalue weighted by Crippen LogP contribution is -2.39. The first-order chi connectivity index (χ1) is 23.9. The second-order valence-electron chi connectivity index (χ2n) is 13.8. The Morgan fingerprint density at radius 2 is 1.16 bits per heavy atom. The van der Waals surface area contributed by atoms with Crippen LogP contribution in [0, 0.1) is 5.92 Å². The van der Waals surface area contributed by atoms with Crippen LogP contribution in [-0.4, -0.2) is 34.3 Å².